The van der Waals surface area contributed by atoms with Gasteiger partial charge in [0.1, 0.15) is 0 Å². The quantitative estimate of drug-likeness (QED) is 0.643. The van der Waals surface area contributed by atoms with Gasteiger partial charge in [-0.25, -0.2) is 4.57 Å². The molecule has 0 amide bonds. The summed E-state index contributed by atoms with van der Waals surface area (Å²) in [6.07, 6.45) is 0. The molecule has 0 saturated heterocycles. The van der Waals surface area contributed by atoms with Crippen molar-refractivity contribution in [3.05, 3.63) is 0 Å². The van der Waals surface area contributed by atoms with Gasteiger partial charge in [0.25, 0.3) is 0 Å². The first-order valence-corrected chi connectivity index (χ1v) is 5.18. The maximum absolute atomic E-state index is 11.3. The van der Waals surface area contributed by atoms with Gasteiger partial charge in [0, 0.05) is 0 Å². The molecular weight excluding hydrogens is 202 g/mol. The largest absolute Gasteiger partial charge is 0.474 e. The fourth-order valence-corrected chi connectivity index (χ4v) is 1.76. The van der Waals surface area contributed by atoms with Gasteiger partial charge in [0.15, 0.2) is 0 Å². The first-order chi connectivity index (χ1) is 5.18. The van der Waals surface area contributed by atoms with Crippen molar-refractivity contribution in [2.75, 3.05) is 19.8 Å². The van der Waals surface area contributed by atoms with Gasteiger partial charge in [-0.15, -0.1) is 12.4 Å². The van der Waals surface area contributed by atoms with Crippen molar-refractivity contribution in [1.82, 2.24) is 0 Å². The van der Waals surface area contributed by atoms with Gasteiger partial charge < -0.3 is 0 Å². The van der Waals surface area contributed by atoms with Crippen LogP contribution in [0.2, 0.25) is 0 Å². The van der Waals surface area contributed by atoms with Gasteiger partial charge in [-0.2, -0.15) is 0 Å². The van der Waals surface area contributed by atoms with E-state index in [1.54, 1.807) is 20.8 Å². The van der Waals surface area contributed by atoms with E-state index in [1.165, 1.54) is 0 Å². The van der Waals surface area contributed by atoms with Gasteiger partial charge in [-0.05, 0) is 20.8 Å². The molecule has 0 aromatic rings. The second kappa shape index (κ2) is 8.02. The molecule has 0 bridgehead atoms. The highest BCUT2D eigenvalue weighted by atomic mass is 35.5. The minimum absolute atomic E-state index is 0. The van der Waals surface area contributed by atoms with Crippen LogP contribution in [0.4, 0.5) is 0 Å². The molecule has 6 heteroatoms. The van der Waals surface area contributed by atoms with Crippen LogP contribution in [0.1, 0.15) is 20.8 Å². The zero-order valence-electron chi connectivity index (χ0n) is 7.61. The molecule has 0 radical (unpaired) electrons. The first-order valence-electron chi connectivity index (χ1n) is 3.72. The molecule has 0 aromatic heterocycles. The van der Waals surface area contributed by atoms with E-state index in [-0.39, 0.29) is 12.4 Å². The number of rotatable bonds is 6. The standard InChI is InChI=1S/C6H15O4P.ClH/c1-4-8-11(7,9-5-2)10-6-3;/h4-6H2,1-3H3;1H. The van der Waals surface area contributed by atoms with E-state index in [0.717, 1.165) is 0 Å². The molecule has 76 valence electrons. The van der Waals surface area contributed by atoms with Crippen LogP contribution in [-0.2, 0) is 18.1 Å². The fraction of sp³-hybridized carbons (Fsp3) is 1.00. The van der Waals surface area contributed by atoms with Crippen LogP contribution in [0.5, 0.6) is 0 Å². The molecule has 0 aliphatic carbocycles. The normalized spacial score (nSPS) is 10.9. The number of phosphoric acid groups is 1. The number of hydrogen-bond donors (Lipinski definition) is 0. The lowest BCUT2D eigenvalue weighted by molar-refractivity contribution is 0.126. The van der Waals surface area contributed by atoms with E-state index < -0.39 is 7.82 Å². The van der Waals surface area contributed by atoms with Crippen LogP contribution in [0.15, 0.2) is 0 Å². The third-order valence-corrected chi connectivity index (χ3v) is 2.58. The van der Waals surface area contributed by atoms with Crippen molar-refractivity contribution in [3.63, 3.8) is 0 Å². The van der Waals surface area contributed by atoms with E-state index >= 15 is 0 Å². The summed E-state index contributed by atoms with van der Waals surface area (Å²) in [4.78, 5) is 0. The summed E-state index contributed by atoms with van der Waals surface area (Å²) in [5.41, 5.74) is 0. The Hall–Kier alpha value is 0.400. The lowest BCUT2D eigenvalue weighted by Gasteiger charge is -2.14. The highest BCUT2D eigenvalue weighted by Gasteiger charge is 2.23. The molecule has 0 N–H and O–H groups in total. The van der Waals surface area contributed by atoms with Crippen LogP contribution in [0.3, 0.4) is 0 Å². The summed E-state index contributed by atoms with van der Waals surface area (Å²) < 4.78 is 25.8. The van der Waals surface area contributed by atoms with E-state index in [4.69, 9.17) is 13.6 Å². The van der Waals surface area contributed by atoms with Crippen LogP contribution in [-0.4, -0.2) is 19.8 Å². The molecule has 0 atom stereocenters. The highest BCUT2D eigenvalue weighted by Crippen LogP contribution is 2.48. The third-order valence-electron chi connectivity index (χ3n) is 0.862. The van der Waals surface area contributed by atoms with Crippen molar-refractivity contribution in [1.29, 1.82) is 0 Å². The Morgan fingerprint density at radius 3 is 1.33 bits per heavy atom. The van der Waals surface area contributed by atoms with Crippen LogP contribution >= 0.6 is 20.2 Å². The molecule has 0 spiro atoms. The molecule has 0 aromatic carbocycles. The summed E-state index contributed by atoms with van der Waals surface area (Å²) in [5, 5.41) is 0. The van der Waals surface area contributed by atoms with Crippen LogP contribution < -0.4 is 0 Å². The summed E-state index contributed by atoms with van der Waals surface area (Å²) in [5.74, 6) is 0. The summed E-state index contributed by atoms with van der Waals surface area (Å²) in [6.45, 7) is 6.21. The predicted octanol–water partition coefficient (Wildman–Crippen LogP) is 2.63. The molecule has 12 heavy (non-hydrogen) atoms. The second-order valence-electron chi connectivity index (χ2n) is 1.70. The minimum atomic E-state index is -3.22. The van der Waals surface area contributed by atoms with Gasteiger partial charge in [0.05, 0.1) is 19.8 Å². The van der Waals surface area contributed by atoms with Gasteiger partial charge in [-0.3, -0.25) is 13.6 Å². The average Bonchev–Trinajstić information content (AvgIpc) is 1.88. The monoisotopic (exact) mass is 218 g/mol. The number of phosphoric ester groups is 1. The molecule has 0 heterocycles. The maximum Gasteiger partial charge on any atom is 0.474 e. The topological polar surface area (TPSA) is 44.8 Å². The Morgan fingerprint density at radius 1 is 0.917 bits per heavy atom. The van der Waals surface area contributed by atoms with Crippen molar-refractivity contribution in [2.24, 2.45) is 0 Å². The van der Waals surface area contributed by atoms with Crippen molar-refractivity contribution in [3.8, 4) is 0 Å². The Bertz CT molecular complexity index is 118. The van der Waals surface area contributed by atoms with Crippen LogP contribution in [0.25, 0.3) is 0 Å². The zero-order chi connectivity index (χ0) is 8.74. The molecule has 0 unspecified atom stereocenters. The second-order valence-corrected chi connectivity index (χ2v) is 3.37. The maximum atomic E-state index is 11.3. The van der Waals surface area contributed by atoms with E-state index in [2.05, 4.69) is 0 Å². The Balaban J connectivity index is 0. The van der Waals surface area contributed by atoms with Crippen molar-refractivity contribution in [2.45, 2.75) is 20.8 Å². The molecule has 0 aliphatic heterocycles. The van der Waals surface area contributed by atoms with Gasteiger partial charge in [0.2, 0.25) is 0 Å². The average molecular weight is 219 g/mol. The van der Waals surface area contributed by atoms with Gasteiger partial charge >= 0.3 is 7.82 Å². The predicted molar refractivity (Wildman–Crippen MR) is 49.7 cm³/mol. The third kappa shape index (κ3) is 5.98. The highest BCUT2D eigenvalue weighted by molar-refractivity contribution is 7.48. The molecule has 4 nitrogen and oxygen atoms in total. The van der Waals surface area contributed by atoms with Crippen LogP contribution in [0, 0.1) is 0 Å². The molecule has 0 aliphatic rings. The van der Waals surface area contributed by atoms with Gasteiger partial charge in [-0.1, -0.05) is 0 Å². The lowest BCUT2D eigenvalue weighted by Crippen LogP contribution is -1.99. The fourth-order valence-electron chi connectivity index (χ4n) is 0.586. The summed E-state index contributed by atoms with van der Waals surface area (Å²) in [6, 6.07) is 0. The van der Waals surface area contributed by atoms with E-state index in [9.17, 15) is 4.57 Å². The SMILES string of the molecule is CCOP(=O)(OCC)OCC.Cl. The smallest absolute Gasteiger partial charge is 0.287 e. The van der Waals surface area contributed by atoms with E-state index in [0.29, 0.717) is 19.8 Å². The number of halogens is 1. The molecule has 0 rings (SSSR count). The molecule has 0 saturated carbocycles. The Morgan fingerprint density at radius 2 is 1.17 bits per heavy atom. The Kier molecular flexibility index (Phi) is 9.96. The summed E-state index contributed by atoms with van der Waals surface area (Å²) >= 11 is 0. The summed E-state index contributed by atoms with van der Waals surface area (Å²) in [7, 11) is -3.22. The number of hydrogen-bond acceptors (Lipinski definition) is 4. The minimum Gasteiger partial charge on any atom is -0.287 e. The molecular formula is C6H16ClO4P. The lowest BCUT2D eigenvalue weighted by atomic mass is 10.9. The van der Waals surface area contributed by atoms with E-state index in [1.807, 2.05) is 0 Å². The van der Waals surface area contributed by atoms with Crippen molar-refractivity contribution >= 4 is 20.2 Å². The Labute approximate surface area is 79.6 Å². The molecule has 0 fully saturated rings. The zero-order valence-corrected chi connectivity index (χ0v) is 9.32. The van der Waals surface area contributed by atoms with Crippen molar-refractivity contribution < 1.29 is 18.1 Å². The first kappa shape index (κ1) is 14.9.